The molecule has 1 aromatic carbocycles. The SMILES string of the molecule is O=c1ccccn1CCNc1ccccc1I. The average Bonchev–Trinajstić information content (AvgIpc) is 2.34. The third kappa shape index (κ3) is 3.33. The maximum absolute atomic E-state index is 11.5. The smallest absolute Gasteiger partial charge is 0.250 e. The van der Waals surface area contributed by atoms with Crippen molar-refractivity contribution < 1.29 is 0 Å². The normalized spacial score (nSPS) is 10.2. The van der Waals surface area contributed by atoms with Crippen LogP contribution in [-0.2, 0) is 6.54 Å². The molecule has 0 saturated carbocycles. The number of aromatic nitrogens is 1. The molecule has 0 unspecified atom stereocenters. The first-order valence-corrected chi connectivity index (χ1v) is 6.49. The summed E-state index contributed by atoms with van der Waals surface area (Å²) < 4.78 is 2.88. The van der Waals surface area contributed by atoms with Crippen LogP contribution in [0, 0.1) is 3.57 Å². The molecule has 1 aromatic heterocycles. The summed E-state index contributed by atoms with van der Waals surface area (Å²) in [5.41, 5.74) is 1.15. The van der Waals surface area contributed by atoms with E-state index in [0.29, 0.717) is 6.54 Å². The molecular weight excluding hydrogens is 327 g/mol. The fourth-order valence-corrected chi connectivity index (χ4v) is 2.14. The molecule has 0 radical (unpaired) electrons. The summed E-state index contributed by atoms with van der Waals surface area (Å²) in [5, 5.41) is 3.32. The van der Waals surface area contributed by atoms with Gasteiger partial charge in [-0.2, -0.15) is 0 Å². The Bertz CT molecular complexity index is 551. The van der Waals surface area contributed by atoms with Crippen LogP contribution < -0.4 is 10.9 Å². The predicted molar refractivity (Wildman–Crippen MR) is 78.4 cm³/mol. The zero-order valence-electron chi connectivity index (χ0n) is 9.27. The van der Waals surface area contributed by atoms with Crippen LogP contribution in [0.1, 0.15) is 0 Å². The summed E-state index contributed by atoms with van der Waals surface area (Å²) >= 11 is 2.29. The Labute approximate surface area is 114 Å². The van der Waals surface area contributed by atoms with Crippen LogP contribution in [0.15, 0.2) is 53.5 Å². The minimum Gasteiger partial charge on any atom is -0.382 e. The number of benzene rings is 1. The van der Waals surface area contributed by atoms with E-state index in [9.17, 15) is 4.79 Å². The van der Waals surface area contributed by atoms with Crippen LogP contribution in [-0.4, -0.2) is 11.1 Å². The van der Waals surface area contributed by atoms with Gasteiger partial charge in [0.05, 0.1) is 0 Å². The lowest BCUT2D eigenvalue weighted by atomic mass is 10.3. The zero-order chi connectivity index (χ0) is 12.1. The van der Waals surface area contributed by atoms with Crippen LogP contribution in [0.5, 0.6) is 0 Å². The number of para-hydroxylation sites is 1. The van der Waals surface area contributed by atoms with Crippen LogP contribution in [0.3, 0.4) is 0 Å². The maximum Gasteiger partial charge on any atom is 0.250 e. The van der Waals surface area contributed by atoms with Crippen molar-refractivity contribution in [2.24, 2.45) is 0 Å². The van der Waals surface area contributed by atoms with E-state index in [2.05, 4.69) is 34.0 Å². The maximum atomic E-state index is 11.5. The molecule has 17 heavy (non-hydrogen) atoms. The quantitative estimate of drug-likeness (QED) is 0.868. The number of hydrogen-bond donors (Lipinski definition) is 1. The summed E-state index contributed by atoms with van der Waals surface area (Å²) in [7, 11) is 0. The van der Waals surface area contributed by atoms with Gasteiger partial charge in [0.25, 0.3) is 5.56 Å². The van der Waals surface area contributed by atoms with Crippen LogP contribution in [0.25, 0.3) is 0 Å². The van der Waals surface area contributed by atoms with Gasteiger partial charge in [-0.3, -0.25) is 4.79 Å². The lowest BCUT2D eigenvalue weighted by molar-refractivity contribution is 0.697. The van der Waals surface area contributed by atoms with Gasteiger partial charge < -0.3 is 9.88 Å². The highest BCUT2D eigenvalue weighted by molar-refractivity contribution is 14.1. The first kappa shape index (κ1) is 12.2. The highest BCUT2D eigenvalue weighted by Crippen LogP contribution is 2.16. The lowest BCUT2D eigenvalue weighted by Gasteiger charge is -2.09. The summed E-state index contributed by atoms with van der Waals surface area (Å²) in [6.45, 7) is 1.41. The topological polar surface area (TPSA) is 34.0 Å². The van der Waals surface area contributed by atoms with Crippen molar-refractivity contribution in [3.8, 4) is 0 Å². The summed E-state index contributed by atoms with van der Waals surface area (Å²) in [5.74, 6) is 0. The number of nitrogens with one attached hydrogen (secondary N) is 1. The molecule has 2 rings (SSSR count). The first-order chi connectivity index (χ1) is 8.27. The molecule has 0 spiro atoms. The molecule has 0 aliphatic carbocycles. The first-order valence-electron chi connectivity index (χ1n) is 5.41. The molecule has 0 fully saturated rings. The Morgan fingerprint density at radius 2 is 1.88 bits per heavy atom. The molecule has 0 atom stereocenters. The molecule has 0 amide bonds. The molecule has 1 heterocycles. The van der Waals surface area contributed by atoms with Gasteiger partial charge in [-0.25, -0.2) is 0 Å². The van der Waals surface area contributed by atoms with Crippen molar-refractivity contribution >= 4 is 28.3 Å². The molecule has 88 valence electrons. The summed E-state index contributed by atoms with van der Waals surface area (Å²) in [4.78, 5) is 11.5. The van der Waals surface area contributed by atoms with E-state index in [1.54, 1.807) is 22.9 Å². The van der Waals surface area contributed by atoms with Crippen molar-refractivity contribution in [3.05, 3.63) is 62.6 Å². The van der Waals surface area contributed by atoms with Gasteiger partial charge in [0.15, 0.2) is 0 Å². The molecule has 1 N–H and O–H groups in total. The molecule has 4 heteroatoms. The second kappa shape index (κ2) is 5.86. The number of anilines is 1. The molecule has 2 aromatic rings. The number of hydrogen-bond acceptors (Lipinski definition) is 2. The van der Waals surface area contributed by atoms with Crippen molar-refractivity contribution in [3.63, 3.8) is 0 Å². The van der Waals surface area contributed by atoms with Gasteiger partial charge >= 0.3 is 0 Å². The van der Waals surface area contributed by atoms with E-state index in [1.165, 1.54) is 3.57 Å². The Morgan fingerprint density at radius 3 is 2.65 bits per heavy atom. The van der Waals surface area contributed by atoms with Gasteiger partial charge in [0, 0.05) is 34.6 Å². The second-order valence-corrected chi connectivity index (χ2v) is 4.80. The van der Waals surface area contributed by atoms with Gasteiger partial charge in [0.2, 0.25) is 0 Å². The van der Waals surface area contributed by atoms with Crippen molar-refractivity contribution in [1.29, 1.82) is 0 Å². The fraction of sp³-hybridized carbons (Fsp3) is 0.154. The van der Waals surface area contributed by atoms with Crippen LogP contribution in [0.4, 0.5) is 5.69 Å². The molecular formula is C13H13IN2O. The lowest BCUT2D eigenvalue weighted by Crippen LogP contribution is -2.22. The Kier molecular flexibility index (Phi) is 4.19. The molecule has 3 nitrogen and oxygen atoms in total. The largest absolute Gasteiger partial charge is 0.382 e. The highest BCUT2D eigenvalue weighted by atomic mass is 127. The zero-order valence-corrected chi connectivity index (χ0v) is 11.4. The Balaban J connectivity index is 1.95. The minimum atomic E-state index is 0.0389. The Hall–Kier alpha value is -1.30. The second-order valence-electron chi connectivity index (χ2n) is 3.64. The van der Waals surface area contributed by atoms with E-state index >= 15 is 0 Å². The monoisotopic (exact) mass is 340 g/mol. The summed E-state index contributed by atoms with van der Waals surface area (Å²) in [6, 6.07) is 13.3. The van der Waals surface area contributed by atoms with Crippen LogP contribution in [0.2, 0.25) is 0 Å². The number of halogens is 1. The van der Waals surface area contributed by atoms with Gasteiger partial charge in [-0.05, 0) is 40.8 Å². The number of nitrogens with zero attached hydrogens (tertiary/aromatic N) is 1. The standard InChI is InChI=1S/C13H13IN2O/c14-11-5-1-2-6-12(11)15-8-10-16-9-4-3-7-13(16)17/h1-7,9,15H,8,10H2. The predicted octanol–water partition coefficient (Wildman–Crippen LogP) is 2.57. The van der Waals surface area contributed by atoms with Crippen molar-refractivity contribution in [1.82, 2.24) is 4.57 Å². The van der Waals surface area contributed by atoms with Gasteiger partial charge in [-0.1, -0.05) is 18.2 Å². The third-order valence-electron chi connectivity index (χ3n) is 2.44. The molecule has 0 bridgehead atoms. The van der Waals surface area contributed by atoms with Crippen molar-refractivity contribution in [2.75, 3.05) is 11.9 Å². The highest BCUT2D eigenvalue weighted by Gasteiger charge is 1.97. The van der Waals surface area contributed by atoms with E-state index in [-0.39, 0.29) is 5.56 Å². The third-order valence-corrected chi connectivity index (χ3v) is 3.38. The average molecular weight is 340 g/mol. The minimum absolute atomic E-state index is 0.0389. The van der Waals surface area contributed by atoms with E-state index < -0.39 is 0 Å². The van der Waals surface area contributed by atoms with Gasteiger partial charge in [0.1, 0.15) is 0 Å². The Morgan fingerprint density at radius 1 is 1.12 bits per heavy atom. The van der Waals surface area contributed by atoms with Crippen LogP contribution >= 0.6 is 22.6 Å². The number of rotatable bonds is 4. The molecule has 0 aliphatic rings. The summed E-state index contributed by atoms with van der Waals surface area (Å²) in [6.07, 6.45) is 1.81. The van der Waals surface area contributed by atoms with E-state index in [0.717, 1.165) is 12.2 Å². The van der Waals surface area contributed by atoms with E-state index in [4.69, 9.17) is 0 Å². The fourth-order valence-electron chi connectivity index (χ4n) is 1.56. The van der Waals surface area contributed by atoms with Crippen molar-refractivity contribution in [2.45, 2.75) is 6.54 Å². The van der Waals surface area contributed by atoms with E-state index in [1.807, 2.05) is 24.3 Å². The number of pyridine rings is 1. The molecule has 0 aliphatic heterocycles. The molecule has 0 saturated heterocycles. The van der Waals surface area contributed by atoms with Gasteiger partial charge in [-0.15, -0.1) is 0 Å².